The summed E-state index contributed by atoms with van der Waals surface area (Å²) in [5, 5.41) is 1.23. The SMILES string of the molecule is CN(Cc1cccc(CCN)c1)Cc1cccc2ncccc12.Cl.Cl. The summed E-state index contributed by atoms with van der Waals surface area (Å²) in [4.78, 5) is 6.77. The van der Waals surface area contributed by atoms with Crippen LogP contribution in [0, 0.1) is 0 Å². The second-order valence-corrected chi connectivity index (χ2v) is 6.02. The molecule has 3 rings (SSSR count). The molecule has 0 unspecified atom stereocenters. The van der Waals surface area contributed by atoms with Crippen LogP contribution in [0.2, 0.25) is 0 Å². The zero-order valence-electron chi connectivity index (χ0n) is 14.4. The first-order chi connectivity index (χ1) is 11.3. The molecule has 5 heteroatoms. The zero-order chi connectivity index (χ0) is 16.1. The number of fused-ring (bicyclic) bond motifs is 1. The molecule has 134 valence electrons. The Morgan fingerprint density at radius 1 is 0.920 bits per heavy atom. The normalized spacial score (nSPS) is 10.4. The topological polar surface area (TPSA) is 42.1 Å². The van der Waals surface area contributed by atoms with Crippen LogP contribution in [0.4, 0.5) is 0 Å². The molecule has 0 aliphatic heterocycles. The van der Waals surface area contributed by atoms with Crippen molar-refractivity contribution in [3.63, 3.8) is 0 Å². The van der Waals surface area contributed by atoms with Crippen molar-refractivity contribution >= 4 is 35.7 Å². The number of benzene rings is 2. The third kappa shape index (κ3) is 5.68. The molecule has 0 fully saturated rings. The van der Waals surface area contributed by atoms with Crippen molar-refractivity contribution in [2.75, 3.05) is 13.6 Å². The van der Waals surface area contributed by atoms with Gasteiger partial charge in [-0.15, -0.1) is 24.8 Å². The number of pyridine rings is 1. The average Bonchev–Trinajstić information content (AvgIpc) is 2.56. The summed E-state index contributed by atoms with van der Waals surface area (Å²) >= 11 is 0. The number of rotatable bonds is 6. The molecule has 25 heavy (non-hydrogen) atoms. The summed E-state index contributed by atoms with van der Waals surface area (Å²) in [6.07, 6.45) is 2.78. The van der Waals surface area contributed by atoms with Crippen molar-refractivity contribution in [1.29, 1.82) is 0 Å². The molecule has 0 aliphatic rings. The van der Waals surface area contributed by atoms with E-state index >= 15 is 0 Å². The largest absolute Gasteiger partial charge is 0.330 e. The number of hydrogen-bond acceptors (Lipinski definition) is 3. The Morgan fingerprint density at radius 3 is 2.48 bits per heavy atom. The number of hydrogen-bond donors (Lipinski definition) is 1. The molecule has 2 aromatic carbocycles. The van der Waals surface area contributed by atoms with E-state index in [1.54, 1.807) is 0 Å². The Hall–Kier alpha value is -1.65. The van der Waals surface area contributed by atoms with Crippen LogP contribution in [0.5, 0.6) is 0 Å². The molecule has 2 N–H and O–H groups in total. The molecule has 1 heterocycles. The van der Waals surface area contributed by atoms with Crippen LogP contribution >= 0.6 is 24.8 Å². The van der Waals surface area contributed by atoms with E-state index in [9.17, 15) is 0 Å². The summed E-state index contributed by atoms with van der Waals surface area (Å²) in [5.74, 6) is 0. The van der Waals surface area contributed by atoms with Crippen LogP contribution < -0.4 is 5.73 Å². The molecule has 0 radical (unpaired) electrons. The summed E-state index contributed by atoms with van der Waals surface area (Å²) in [5.41, 5.74) is 10.7. The number of halogens is 2. The molecule has 0 spiro atoms. The number of nitrogens with zero attached hydrogens (tertiary/aromatic N) is 2. The van der Waals surface area contributed by atoms with E-state index in [0.29, 0.717) is 6.54 Å². The fourth-order valence-electron chi connectivity index (χ4n) is 3.01. The van der Waals surface area contributed by atoms with Gasteiger partial charge in [-0.1, -0.05) is 42.5 Å². The second-order valence-electron chi connectivity index (χ2n) is 6.02. The quantitative estimate of drug-likeness (QED) is 0.699. The Bertz CT molecular complexity index is 787. The van der Waals surface area contributed by atoms with Gasteiger partial charge in [0.15, 0.2) is 0 Å². The van der Waals surface area contributed by atoms with E-state index in [1.165, 1.54) is 22.1 Å². The van der Waals surface area contributed by atoms with Gasteiger partial charge in [0.1, 0.15) is 0 Å². The van der Waals surface area contributed by atoms with Gasteiger partial charge in [-0.25, -0.2) is 0 Å². The molecular weight excluding hydrogens is 353 g/mol. The van der Waals surface area contributed by atoms with Crippen molar-refractivity contribution in [3.05, 3.63) is 77.5 Å². The fraction of sp³-hybridized carbons (Fsp3) is 0.250. The molecule has 0 saturated carbocycles. The van der Waals surface area contributed by atoms with Crippen LogP contribution in [-0.2, 0) is 19.5 Å². The molecule has 0 aliphatic carbocycles. The van der Waals surface area contributed by atoms with Gasteiger partial charge in [0.25, 0.3) is 0 Å². The maximum absolute atomic E-state index is 5.65. The third-order valence-corrected chi connectivity index (χ3v) is 4.05. The highest BCUT2D eigenvalue weighted by atomic mass is 35.5. The van der Waals surface area contributed by atoms with Gasteiger partial charge >= 0.3 is 0 Å². The van der Waals surface area contributed by atoms with Crippen molar-refractivity contribution in [1.82, 2.24) is 9.88 Å². The van der Waals surface area contributed by atoms with Crippen molar-refractivity contribution in [2.45, 2.75) is 19.5 Å². The lowest BCUT2D eigenvalue weighted by Crippen LogP contribution is -2.17. The van der Waals surface area contributed by atoms with Gasteiger partial charge in [-0.2, -0.15) is 0 Å². The van der Waals surface area contributed by atoms with Crippen molar-refractivity contribution in [3.8, 4) is 0 Å². The molecular formula is C20H25Cl2N3. The lowest BCUT2D eigenvalue weighted by Gasteiger charge is -2.18. The Labute approximate surface area is 162 Å². The summed E-state index contributed by atoms with van der Waals surface area (Å²) in [6, 6.07) is 19.2. The molecule has 0 atom stereocenters. The van der Waals surface area contributed by atoms with Crippen LogP contribution in [0.15, 0.2) is 60.8 Å². The van der Waals surface area contributed by atoms with E-state index in [4.69, 9.17) is 5.73 Å². The van der Waals surface area contributed by atoms with Gasteiger partial charge < -0.3 is 5.73 Å². The van der Waals surface area contributed by atoms with Gasteiger partial charge in [0, 0.05) is 24.7 Å². The Kier molecular flexibility index (Phi) is 8.87. The van der Waals surface area contributed by atoms with E-state index in [-0.39, 0.29) is 24.8 Å². The van der Waals surface area contributed by atoms with Crippen LogP contribution in [0.25, 0.3) is 10.9 Å². The van der Waals surface area contributed by atoms with Gasteiger partial charge in [0.2, 0.25) is 0 Å². The molecule has 0 amide bonds. The summed E-state index contributed by atoms with van der Waals surface area (Å²) in [7, 11) is 2.16. The number of aromatic nitrogens is 1. The van der Waals surface area contributed by atoms with Crippen LogP contribution in [0.1, 0.15) is 16.7 Å². The Morgan fingerprint density at radius 2 is 1.68 bits per heavy atom. The molecule has 0 saturated heterocycles. The monoisotopic (exact) mass is 377 g/mol. The van der Waals surface area contributed by atoms with E-state index < -0.39 is 0 Å². The predicted octanol–water partition coefficient (Wildman–Crippen LogP) is 4.21. The van der Waals surface area contributed by atoms with Gasteiger partial charge in [-0.05, 0) is 48.8 Å². The van der Waals surface area contributed by atoms with Crippen molar-refractivity contribution in [2.24, 2.45) is 5.73 Å². The highest BCUT2D eigenvalue weighted by Gasteiger charge is 2.06. The molecule has 3 aromatic rings. The van der Waals surface area contributed by atoms with Crippen LogP contribution in [-0.4, -0.2) is 23.5 Å². The first-order valence-electron chi connectivity index (χ1n) is 8.05. The average molecular weight is 378 g/mol. The first kappa shape index (κ1) is 21.4. The predicted molar refractivity (Wildman–Crippen MR) is 111 cm³/mol. The highest BCUT2D eigenvalue weighted by molar-refractivity contribution is 5.85. The molecule has 1 aromatic heterocycles. The minimum Gasteiger partial charge on any atom is -0.330 e. The summed E-state index contributed by atoms with van der Waals surface area (Å²) in [6.45, 7) is 2.53. The fourth-order valence-corrected chi connectivity index (χ4v) is 3.01. The van der Waals surface area contributed by atoms with E-state index in [1.807, 2.05) is 12.3 Å². The zero-order valence-corrected chi connectivity index (χ0v) is 16.0. The minimum atomic E-state index is 0. The lowest BCUT2D eigenvalue weighted by molar-refractivity contribution is 0.320. The van der Waals surface area contributed by atoms with Gasteiger partial charge in [0.05, 0.1) is 5.52 Å². The lowest BCUT2D eigenvalue weighted by atomic mass is 10.1. The van der Waals surface area contributed by atoms with Crippen molar-refractivity contribution < 1.29 is 0 Å². The Balaban J connectivity index is 0.00000156. The molecule has 3 nitrogen and oxygen atoms in total. The maximum Gasteiger partial charge on any atom is 0.0705 e. The maximum atomic E-state index is 5.65. The first-order valence-corrected chi connectivity index (χ1v) is 8.05. The third-order valence-electron chi connectivity index (χ3n) is 4.05. The smallest absolute Gasteiger partial charge is 0.0705 e. The molecule has 0 bridgehead atoms. The standard InChI is InChI=1S/C20H23N3.2ClH/c1-23(14-17-6-2-5-16(13-17)10-11-21)15-18-7-3-9-20-19(18)8-4-12-22-20;;/h2-9,12-13H,10-11,14-15,21H2,1H3;2*1H. The highest BCUT2D eigenvalue weighted by Crippen LogP contribution is 2.18. The van der Waals surface area contributed by atoms with E-state index in [2.05, 4.69) is 65.5 Å². The minimum absolute atomic E-state index is 0. The van der Waals surface area contributed by atoms with E-state index in [0.717, 1.165) is 25.0 Å². The van der Waals surface area contributed by atoms with Crippen LogP contribution in [0.3, 0.4) is 0 Å². The number of nitrogens with two attached hydrogens (primary N) is 1. The van der Waals surface area contributed by atoms with Gasteiger partial charge in [-0.3, -0.25) is 9.88 Å². The summed E-state index contributed by atoms with van der Waals surface area (Å²) < 4.78 is 0. The second kappa shape index (κ2) is 10.4.